The lowest BCUT2D eigenvalue weighted by Gasteiger charge is -2.19. The van der Waals surface area contributed by atoms with Crippen LogP contribution in [-0.4, -0.2) is 32.2 Å². The van der Waals surface area contributed by atoms with E-state index >= 15 is 0 Å². The van der Waals surface area contributed by atoms with Gasteiger partial charge in [-0.3, -0.25) is 9.10 Å². The summed E-state index contributed by atoms with van der Waals surface area (Å²) in [5.41, 5.74) is 1.26. The van der Waals surface area contributed by atoms with E-state index in [4.69, 9.17) is 0 Å². The summed E-state index contributed by atoms with van der Waals surface area (Å²) in [4.78, 5) is 11.7. The van der Waals surface area contributed by atoms with Gasteiger partial charge in [-0.1, -0.05) is 12.1 Å². The number of hydrogen-bond acceptors (Lipinski definition) is 3. The Morgan fingerprint density at radius 1 is 1.23 bits per heavy atom. The van der Waals surface area contributed by atoms with Gasteiger partial charge in [0, 0.05) is 18.2 Å². The van der Waals surface area contributed by atoms with Crippen LogP contribution in [0.1, 0.15) is 32.8 Å². The average molecular weight is 322 g/mol. The van der Waals surface area contributed by atoms with Crippen LogP contribution in [0.2, 0.25) is 0 Å². The second-order valence-corrected chi connectivity index (χ2v) is 8.42. The van der Waals surface area contributed by atoms with E-state index in [0.717, 1.165) is 5.56 Å². The molecule has 1 aliphatic heterocycles. The summed E-state index contributed by atoms with van der Waals surface area (Å²) in [7, 11) is -3.15. The summed E-state index contributed by atoms with van der Waals surface area (Å²) < 4.78 is 25.1. The molecule has 2 rings (SSSR count). The SMILES string of the molecule is CC(C)(C)NC(=O)/C=C/c1ccc(N2CCCS2(=O)=O)cc1. The minimum Gasteiger partial charge on any atom is -0.348 e. The van der Waals surface area contributed by atoms with Gasteiger partial charge >= 0.3 is 0 Å². The van der Waals surface area contributed by atoms with Gasteiger partial charge in [0.15, 0.2) is 0 Å². The maximum absolute atomic E-state index is 11.9. The van der Waals surface area contributed by atoms with E-state index in [2.05, 4.69) is 5.32 Å². The van der Waals surface area contributed by atoms with Gasteiger partial charge in [-0.05, 0) is 51.0 Å². The molecule has 1 amide bonds. The minimum absolute atomic E-state index is 0.154. The van der Waals surface area contributed by atoms with Crippen LogP contribution in [-0.2, 0) is 14.8 Å². The molecule has 1 saturated heterocycles. The lowest BCUT2D eigenvalue weighted by molar-refractivity contribution is -0.117. The molecule has 120 valence electrons. The fourth-order valence-corrected chi connectivity index (χ4v) is 3.83. The largest absolute Gasteiger partial charge is 0.348 e. The Labute approximate surface area is 132 Å². The molecule has 1 aliphatic rings. The number of rotatable bonds is 3. The number of benzene rings is 1. The highest BCUT2D eigenvalue weighted by molar-refractivity contribution is 7.93. The molecule has 1 aromatic carbocycles. The van der Waals surface area contributed by atoms with E-state index in [1.54, 1.807) is 18.2 Å². The summed E-state index contributed by atoms with van der Waals surface area (Å²) in [6.45, 7) is 6.30. The summed E-state index contributed by atoms with van der Waals surface area (Å²) in [6, 6.07) is 7.16. The third-order valence-electron chi connectivity index (χ3n) is 3.21. The van der Waals surface area contributed by atoms with Gasteiger partial charge in [-0.2, -0.15) is 0 Å². The standard InChI is InChI=1S/C16H22N2O3S/c1-16(2,3)17-15(19)10-7-13-5-8-14(9-6-13)18-11-4-12-22(18,20)21/h5-10H,4,11-12H2,1-3H3,(H,17,19)/b10-7+. The van der Waals surface area contributed by atoms with Crippen LogP contribution in [0.5, 0.6) is 0 Å². The molecule has 0 unspecified atom stereocenters. The number of nitrogens with one attached hydrogen (secondary N) is 1. The normalized spacial score (nSPS) is 17.9. The fraction of sp³-hybridized carbons (Fsp3) is 0.438. The average Bonchev–Trinajstić information content (AvgIpc) is 2.75. The van der Waals surface area contributed by atoms with Crippen molar-refractivity contribution in [3.63, 3.8) is 0 Å². The minimum atomic E-state index is -3.15. The molecule has 22 heavy (non-hydrogen) atoms. The Bertz CT molecular complexity index is 670. The second-order valence-electron chi connectivity index (χ2n) is 6.41. The van der Waals surface area contributed by atoms with Crippen LogP contribution in [0.25, 0.3) is 6.08 Å². The lowest BCUT2D eigenvalue weighted by atomic mass is 10.1. The Balaban J connectivity index is 2.05. The van der Waals surface area contributed by atoms with Crippen molar-refractivity contribution in [3.8, 4) is 0 Å². The van der Waals surface area contributed by atoms with Crippen LogP contribution in [0, 0.1) is 0 Å². The molecule has 0 bridgehead atoms. The van der Waals surface area contributed by atoms with Crippen molar-refractivity contribution < 1.29 is 13.2 Å². The molecule has 0 radical (unpaired) electrons. The summed E-state index contributed by atoms with van der Waals surface area (Å²) >= 11 is 0. The van der Waals surface area contributed by atoms with Gasteiger partial charge in [-0.25, -0.2) is 8.42 Å². The zero-order valence-electron chi connectivity index (χ0n) is 13.2. The highest BCUT2D eigenvalue weighted by Gasteiger charge is 2.28. The Morgan fingerprint density at radius 2 is 1.86 bits per heavy atom. The molecule has 1 N–H and O–H groups in total. The number of sulfonamides is 1. The number of anilines is 1. The first-order valence-electron chi connectivity index (χ1n) is 7.28. The molecule has 1 fully saturated rings. The van der Waals surface area contributed by atoms with Gasteiger partial charge in [0.1, 0.15) is 0 Å². The topological polar surface area (TPSA) is 66.5 Å². The highest BCUT2D eigenvalue weighted by atomic mass is 32.2. The first kappa shape index (κ1) is 16.5. The van der Waals surface area contributed by atoms with Crippen LogP contribution in [0.3, 0.4) is 0 Å². The van der Waals surface area contributed by atoms with E-state index in [1.165, 1.54) is 10.4 Å². The first-order valence-corrected chi connectivity index (χ1v) is 8.89. The van der Waals surface area contributed by atoms with E-state index in [-0.39, 0.29) is 17.2 Å². The van der Waals surface area contributed by atoms with Crippen molar-refractivity contribution in [2.75, 3.05) is 16.6 Å². The molecule has 0 aliphatic carbocycles. The summed E-state index contributed by atoms with van der Waals surface area (Å²) in [5, 5.41) is 2.84. The molecule has 0 saturated carbocycles. The second kappa shape index (κ2) is 6.12. The maximum Gasteiger partial charge on any atom is 0.244 e. The van der Waals surface area contributed by atoms with Gasteiger partial charge in [-0.15, -0.1) is 0 Å². The first-order chi connectivity index (χ1) is 10.2. The molecule has 0 spiro atoms. The lowest BCUT2D eigenvalue weighted by Crippen LogP contribution is -2.39. The van der Waals surface area contributed by atoms with Gasteiger partial charge in [0.25, 0.3) is 0 Å². The van der Waals surface area contributed by atoms with Gasteiger partial charge in [0.05, 0.1) is 11.4 Å². The predicted octanol–water partition coefficient (Wildman–Crippen LogP) is 2.15. The zero-order chi connectivity index (χ0) is 16.4. The summed E-state index contributed by atoms with van der Waals surface area (Å²) in [5.74, 6) is 0.0560. The number of hydrogen-bond donors (Lipinski definition) is 1. The highest BCUT2D eigenvalue weighted by Crippen LogP contribution is 2.24. The van der Waals surface area contributed by atoms with Crippen molar-refractivity contribution in [2.24, 2.45) is 0 Å². The quantitative estimate of drug-likeness (QED) is 0.867. The van der Waals surface area contributed by atoms with E-state index in [9.17, 15) is 13.2 Å². The van der Waals surface area contributed by atoms with Crippen molar-refractivity contribution in [1.82, 2.24) is 5.32 Å². The Morgan fingerprint density at radius 3 is 2.36 bits per heavy atom. The third-order valence-corrected chi connectivity index (χ3v) is 5.08. The van der Waals surface area contributed by atoms with Crippen molar-refractivity contribution in [1.29, 1.82) is 0 Å². The van der Waals surface area contributed by atoms with Crippen molar-refractivity contribution in [2.45, 2.75) is 32.7 Å². The smallest absolute Gasteiger partial charge is 0.244 e. The van der Waals surface area contributed by atoms with Crippen molar-refractivity contribution in [3.05, 3.63) is 35.9 Å². The molecule has 0 atom stereocenters. The number of amides is 1. The molecule has 1 aromatic rings. The molecular formula is C16H22N2O3S. The Kier molecular flexibility index (Phi) is 4.60. The third kappa shape index (κ3) is 4.34. The monoisotopic (exact) mass is 322 g/mol. The molecule has 1 heterocycles. The van der Waals surface area contributed by atoms with Gasteiger partial charge < -0.3 is 5.32 Å². The molecular weight excluding hydrogens is 300 g/mol. The maximum atomic E-state index is 11.9. The van der Waals surface area contributed by atoms with Crippen LogP contribution in [0.4, 0.5) is 5.69 Å². The number of carbonyl (C=O) groups excluding carboxylic acids is 1. The molecule has 5 nitrogen and oxygen atoms in total. The van der Waals surface area contributed by atoms with Crippen LogP contribution < -0.4 is 9.62 Å². The number of nitrogens with zero attached hydrogens (tertiary/aromatic N) is 1. The molecule has 6 heteroatoms. The predicted molar refractivity (Wildman–Crippen MR) is 89.1 cm³/mol. The van der Waals surface area contributed by atoms with Crippen LogP contribution >= 0.6 is 0 Å². The van der Waals surface area contributed by atoms with E-state index in [0.29, 0.717) is 18.7 Å². The zero-order valence-corrected chi connectivity index (χ0v) is 14.0. The van der Waals surface area contributed by atoms with Gasteiger partial charge in [0.2, 0.25) is 15.9 Å². The fourth-order valence-electron chi connectivity index (χ4n) is 2.26. The number of carbonyl (C=O) groups is 1. The molecule has 0 aromatic heterocycles. The van der Waals surface area contributed by atoms with E-state index < -0.39 is 10.0 Å². The Hall–Kier alpha value is -1.82. The van der Waals surface area contributed by atoms with Crippen molar-refractivity contribution >= 4 is 27.7 Å². The summed E-state index contributed by atoms with van der Waals surface area (Å²) in [6.07, 6.45) is 3.85. The van der Waals surface area contributed by atoms with Crippen LogP contribution in [0.15, 0.2) is 30.3 Å². The van der Waals surface area contributed by atoms with E-state index in [1.807, 2.05) is 32.9 Å².